The van der Waals surface area contributed by atoms with E-state index in [4.69, 9.17) is 4.74 Å². The van der Waals surface area contributed by atoms with Gasteiger partial charge in [0.05, 0.1) is 6.61 Å². The fourth-order valence-corrected chi connectivity index (χ4v) is 3.06. The smallest absolute Gasteiger partial charge is 0.243 e. The molecule has 1 saturated heterocycles. The summed E-state index contributed by atoms with van der Waals surface area (Å²) in [5, 5.41) is 6.75. The number of carbonyl (C=O) groups is 1. The predicted molar refractivity (Wildman–Crippen MR) is 124 cm³/mol. The van der Waals surface area contributed by atoms with E-state index in [-0.39, 0.29) is 36.4 Å². The Morgan fingerprint density at radius 2 is 2.07 bits per heavy atom. The van der Waals surface area contributed by atoms with Crippen molar-refractivity contribution in [3.63, 3.8) is 0 Å². The molecule has 1 aliphatic heterocycles. The number of carbonyl (C=O) groups excluding carboxylic acids is 1. The molecular weight excluding hydrogens is 469 g/mol. The molecule has 0 spiro atoms. The first-order chi connectivity index (χ1) is 13.1. The molecule has 28 heavy (non-hydrogen) atoms. The third kappa shape index (κ3) is 9.20. The summed E-state index contributed by atoms with van der Waals surface area (Å²) in [5.41, 5.74) is 1.34. The number of guanidine groups is 1. The van der Waals surface area contributed by atoms with Crippen molar-refractivity contribution in [1.82, 2.24) is 20.4 Å². The number of hydrogen-bond acceptors (Lipinski definition) is 4. The lowest BCUT2D eigenvalue weighted by molar-refractivity contribution is -0.127. The van der Waals surface area contributed by atoms with Gasteiger partial charge in [0, 0.05) is 46.9 Å². The first-order valence-corrected chi connectivity index (χ1v) is 9.58. The summed E-state index contributed by atoms with van der Waals surface area (Å²) in [6.45, 7) is 4.40. The highest BCUT2D eigenvalue weighted by molar-refractivity contribution is 14.0. The van der Waals surface area contributed by atoms with Crippen molar-refractivity contribution in [2.24, 2.45) is 4.99 Å². The highest BCUT2D eigenvalue weighted by atomic mass is 127. The molecule has 158 valence electrons. The Labute approximate surface area is 185 Å². The Morgan fingerprint density at radius 3 is 2.75 bits per heavy atom. The van der Waals surface area contributed by atoms with Gasteiger partial charge in [-0.15, -0.1) is 24.0 Å². The quantitative estimate of drug-likeness (QED) is 0.244. The fraction of sp³-hybridized carbons (Fsp3) is 0.600. The lowest BCUT2D eigenvalue weighted by atomic mass is 10.0. The van der Waals surface area contributed by atoms with Gasteiger partial charge in [-0.3, -0.25) is 9.69 Å². The summed E-state index contributed by atoms with van der Waals surface area (Å²) < 4.78 is 5.10. The number of likely N-dealkylation sites (tertiary alicyclic amines) is 1. The molecule has 1 aliphatic rings. The van der Waals surface area contributed by atoms with Gasteiger partial charge in [0.25, 0.3) is 0 Å². The average molecular weight is 503 g/mol. The zero-order valence-corrected chi connectivity index (χ0v) is 19.5. The van der Waals surface area contributed by atoms with Gasteiger partial charge in [0.2, 0.25) is 5.91 Å². The van der Waals surface area contributed by atoms with Crippen molar-refractivity contribution < 1.29 is 9.53 Å². The number of likely N-dealkylation sites (N-methyl/N-ethyl adjacent to an activating group) is 1. The van der Waals surface area contributed by atoms with Gasteiger partial charge < -0.3 is 20.3 Å². The van der Waals surface area contributed by atoms with E-state index in [9.17, 15) is 4.79 Å². The van der Waals surface area contributed by atoms with Crippen LogP contribution in [0.15, 0.2) is 35.3 Å². The molecule has 0 aliphatic carbocycles. The Morgan fingerprint density at radius 1 is 1.32 bits per heavy atom. The van der Waals surface area contributed by atoms with Crippen LogP contribution < -0.4 is 10.6 Å². The number of halogens is 1. The van der Waals surface area contributed by atoms with E-state index in [2.05, 4.69) is 44.8 Å². The first-order valence-electron chi connectivity index (χ1n) is 9.58. The summed E-state index contributed by atoms with van der Waals surface area (Å²) in [6, 6.07) is 10.9. The zero-order valence-electron chi connectivity index (χ0n) is 17.2. The maximum Gasteiger partial charge on any atom is 0.243 e. The number of amides is 1. The second-order valence-corrected chi connectivity index (χ2v) is 7.08. The second-order valence-electron chi connectivity index (χ2n) is 7.08. The molecule has 0 aromatic heterocycles. The molecule has 1 aromatic rings. The minimum Gasteiger partial charge on any atom is -0.383 e. The molecule has 0 bridgehead atoms. The monoisotopic (exact) mass is 503 g/mol. The summed E-state index contributed by atoms with van der Waals surface area (Å²) in [5.74, 6) is 0.658. The van der Waals surface area contributed by atoms with Crippen LogP contribution in [0.1, 0.15) is 18.4 Å². The molecule has 1 aromatic carbocycles. The van der Waals surface area contributed by atoms with Crippen molar-refractivity contribution in [2.45, 2.75) is 25.4 Å². The summed E-state index contributed by atoms with van der Waals surface area (Å²) in [7, 11) is 5.15. The van der Waals surface area contributed by atoms with E-state index < -0.39 is 0 Å². The number of aliphatic imine (C=N–C) groups is 1. The minimum atomic E-state index is -0.0165. The highest BCUT2D eigenvalue weighted by Gasteiger charge is 2.21. The SMILES string of the molecule is COCCNC(=NCC(=O)N(C)C)NC1CCCN(Cc2ccccc2)C1.I. The fourth-order valence-electron chi connectivity index (χ4n) is 3.06. The van der Waals surface area contributed by atoms with Gasteiger partial charge in [0.1, 0.15) is 6.54 Å². The van der Waals surface area contributed by atoms with Crippen LogP contribution in [0.25, 0.3) is 0 Å². The molecule has 2 N–H and O–H groups in total. The number of nitrogens with zero attached hydrogens (tertiary/aromatic N) is 3. The molecule has 7 nitrogen and oxygen atoms in total. The van der Waals surface area contributed by atoms with Crippen LogP contribution in [0.2, 0.25) is 0 Å². The molecule has 1 unspecified atom stereocenters. The number of benzene rings is 1. The molecule has 1 amide bonds. The van der Waals surface area contributed by atoms with Crippen LogP contribution in [-0.4, -0.2) is 81.7 Å². The number of ether oxygens (including phenoxy) is 1. The maximum atomic E-state index is 11.9. The van der Waals surface area contributed by atoms with Gasteiger partial charge in [-0.05, 0) is 24.9 Å². The lowest BCUT2D eigenvalue weighted by Gasteiger charge is -2.34. The Bertz CT molecular complexity index is 598. The molecular formula is C20H34IN5O2. The van der Waals surface area contributed by atoms with E-state index in [0.29, 0.717) is 25.2 Å². The standard InChI is InChI=1S/C20H33N5O2.HI/c1-24(2)19(26)14-22-20(21-11-13-27-3)23-18-10-7-12-25(16-18)15-17-8-5-4-6-9-17;/h4-6,8-9,18H,7,10-16H2,1-3H3,(H2,21,22,23);1H. The van der Waals surface area contributed by atoms with E-state index >= 15 is 0 Å². The number of rotatable bonds is 8. The molecule has 1 heterocycles. The van der Waals surface area contributed by atoms with Crippen molar-refractivity contribution in [1.29, 1.82) is 0 Å². The van der Waals surface area contributed by atoms with Crippen LogP contribution in [0.5, 0.6) is 0 Å². The van der Waals surface area contributed by atoms with Gasteiger partial charge in [0.15, 0.2) is 5.96 Å². The van der Waals surface area contributed by atoms with Crippen LogP contribution in [0, 0.1) is 0 Å². The van der Waals surface area contributed by atoms with E-state index in [0.717, 1.165) is 32.5 Å². The lowest BCUT2D eigenvalue weighted by Crippen LogP contribution is -2.51. The van der Waals surface area contributed by atoms with Crippen molar-refractivity contribution in [3.05, 3.63) is 35.9 Å². The summed E-state index contributed by atoms with van der Waals surface area (Å²) in [6.07, 6.45) is 2.24. The predicted octanol–water partition coefficient (Wildman–Crippen LogP) is 1.54. The second kappa shape index (κ2) is 13.7. The Hall–Kier alpha value is -1.39. The number of hydrogen-bond donors (Lipinski definition) is 2. The van der Waals surface area contributed by atoms with Gasteiger partial charge in [-0.25, -0.2) is 4.99 Å². The largest absolute Gasteiger partial charge is 0.383 e. The van der Waals surface area contributed by atoms with Gasteiger partial charge in [-0.1, -0.05) is 30.3 Å². The molecule has 2 rings (SSSR count). The summed E-state index contributed by atoms with van der Waals surface area (Å²) >= 11 is 0. The number of piperidine rings is 1. The van der Waals surface area contributed by atoms with Crippen LogP contribution in [-0.2, 0) is 16.1 Å². The molecule has 0 saturated carbocycles. The number of nitrogens with one attached hydrogen (secondary N) is 2. The van der Waals surface area contributed by atoms with E-state index in [1.54, 1.807) is 26.1 Å². The zero-order chi connectivity index (χ0) is 19.5. The first kappa shape index (κ1) is 24.6. The summed E-state index contributed by atoms with van der Waals surface area (Å²) in [4.78, 5) is 20.3. The minimum absolute atomic E-state index is 0. The number of methoxy groups -OCH3 is 1. The Kier molecular flexibility index (Phi) is 12.1. The van der Waals surface area contributed by atoms with E-state index in [1.165, 1.54) is 5.56 Å². The van der Waals surface area contributed by atoms with Crippen molar-refractivity contribution >= 4 is 35.8 Å². The van der Waals surface area contributed by atoms with Gasteiger partial charge in [-0.2, -0.15) is 0 Å². The van der Waals surface area contributed by atoms with Crippen molar-refractivity contribution in [3.8, 4) is 0 Å². The highest BCUT2D eigenvalue weighted by Crippen LogP contribution is 2.13. The van der Waals surface area contributed by atoms with Crippen LogP contribution in [0.3, 0.4) is 0 Å². The molecule has 1 atom stereocenters. The topological polar surface area (TPSA) is 69.2 Å². The molecule has 8 heteroatoms. The van der Waals surface area contributed by atoms with Crippen molar-refractivity contribution in [2.75, 3.05) is 54.0 Å². The Balaban J connectivity index is 0.00000392. The molecule has 1 fully saturated rings. The molecule has 0 radical (unpaired) electrons. The van der Waals surface area contributed by atoms with Crippen LogP contribution >= 0.6 is 24.0 Å². The third-order valence-corrected chi connectivity index (χ3v) is 4.57. The maximum absolute atomic E-state index is 11.9. The third-order valence-electron chi connectivity index (χ3n) is 4.57. The van der Waals surface area contributed by atoms with Crippen LogP contribution in [0.4, 0.5) is 0 Å². The van der Waals surface area contributed by atoms with Gasteiger partial charge >= 0.3 is 0 Å². The van der Waals surface area contributed by atoms with E-state index in [1.807, 2.05) is 6.07 Å². The average Bonchev–Trinajstić information content (AvgIpc) is 2.67. The normalized spacial score (nSPS) is 17.5.